The maximum Gasteiger partial charge on any atom is 0.269 e. The van der Waals surface area contributed by atoms with Crippen LogP contribution < -0.4 is 10.1 Å². The van der Waals surface area contributed by atoms with Gasteiger partial charge in [-0.15, -0.1) is 0 Å². The molecule has 9 heteroatoms. The predicted molar refractivity (Wildman–Crippen MR) is 90.6 cm³/mol. The first kappa shape index (κ1) is 17.1. The van der Waals surface area contributed by atoms with Crippen molar-refractivity contribution in [2.24, 2.45) is 0 Å². The Hall–Kier alpha value is -3.75. The molecule has 0 radical (unpaired) electrons. The van der Waals surface area contributed by atoms with E-state index in [0.29, 0.717) is 17.1 Å². The number of nitrogens with zero attached hydrogens (tertiary/aromatic N) is 3. The van der Waals surface area contributed by atoms with Crippen LogP contribution >= 0.6 is 0 Å². The molecule has 1 heterocycles. The largest absolute Gasteiger partial charge is 0.497 e. The third-order valence-corrected chi connectivity index (χ3v) is 3.56. The van der Waals surface area contributed by atoms with Crippen LogP contribution in [0.4, 0.5) is 5.69 Å². The van der Waals surface area contributed by atoms with E-state index in [1.165, 1.54) is 24.3 Å². The van der Waals surface area contributed by atoms with Gasteiger partial charge in [0.1, 0.15) is 5.75 Å². The molecule has 1 amide bonds. The molecule has 0 atom stereocenters. The molecular formula is C17H14N4O5. The average molecular weight is 354 g/mol. The normalized spacial score (nSPS) is 10.3. The van der Waals surface area contributed by atoms with Crippen molar-refractivity contribution in [3.05, 3.63) is 70.1 Å². The van der Waals surface area contributed by atoms with Crippen molar-refractivity contribution in [3.63, 3.8) is 0 Å². The van der Waals surface area contributed by atoms with Crippen LogP contribution in [0, 0.1) is 10.1 Å². The molecule has 0 aliphatic carbocycles. The van der Waals surface area contributed by atoms with E-state index in [9.17, 15) is 14.9 Å². The Balaban J connectivity index is 1.62. The highest BCUT2D eigenvalue weighted by Crippen LogP contribution is 2.19. The molecule has 0 saturated carbocycles. The van der Waals surface area contributed by atoms with Gasteiger partial charge in [0.05, 0.1) is 18.6 Å². The van der Waals surface area contributed by atoms with Gasteiger partial charge in [-0.05, 0) is 36.4 Å². The minimum Gasteiger partial charge on any atom is -0.497 e. The summed E-state index contributed by atoms with van der Waals surface area (Å²) in [5.41, 5.74) is 0.968. The van der Waals surface area contributed by atoms with Gasteiger partial charge in [0.2, 0.25) is 11.7 Å². The number of rotatable bonds is 6. The van der Waals surface area contributed by atoms with Gasteiger partial charge in [0.25, 0.3) is 11.6 Å². The second-order valence-electron chi connectivity index (χ2n) is 5.23. The summed E-state index contributed by atoms with van der Waals surface area (Å²) in [6.07, 6.45) is 0. The molecule has 0 aliphatic rings. The molecule has 132 valence electrons. The molecule has 3 rings (SSSR count). The molecule has 0 spiro atoms. The Morgan fingerprint density at radius 3 is 2.50 bits per heavy atom. The van der Waals surface area contributed by atoms with E-state index in [1.807, 2.05) is 0 Å². The van der Waals surface area contributed by atoms with Crippen molar-refractivity contribution >= 4 is 11.6 Å². The fourth-order valence-corrected chi connectivity index (χ4v) is 2.18. The number of benzene rings is 2. The zero-order valence-electron chi connectivity index (χ0n) is 13.7. The zero-order valence-corrected chi connectivity index (χ0v) is 13.7. The summed E-state index contributed by atoms with van der Waals surface area (Å²) in [6, 6.07) is 12.4. The Labute approximate surface area is 147 Å². The third kappa shape index (κ3) is 3.83. The molecule has 3 aromatic rings. The maximum absolute atomic E-state index is 12.1. The summed E-state index contributed by atoms with van der Waals surface area (Å²) in [4.78, 5) is 26.4. The van der Waals surface area contributed by atoms with E-state index >= 15 is 0 Å². The SMILES string of the molecule is COc1ccc(-c2noc(CNC(=O)c3ccc([N+](=O)[O-])cc3)n2)cc1. The molecule has 0 fully saturated rings. The first-order valence-electron chi connectivity index (χ1n) is 7.56. The van der Waals surface area contributed by atoms with Gasteiger partial charge in [-0.2, -0.15) is 4.98 Å². The van der Waals surface area contributed by atoms with E-state index < -0.39 is 10.8 Å². The number of carbonyl (C=O) groups excluding carboxylic acids is 1. The van der Waals surface area contributed by atoms with Crippen LogP contribution in [0.5, 0.6) is 5.75 Å². The molecule has 26 heavy (non-hydrogen) atoms. The van der Waals surface area contributed by atoms with Crippen molar-refractivity contribution in [1.82, 2.24) is 15.5 Å². The van der Waals surface area contributed by atoms with Gasteiger partial charge in [0.15, 0.2) is 0 Å². The average Bonchev–Trinajstić information content (AvgIpc) is 3.15. The summed E-state index contributed by atoms with van der Waals surface area (Å²) < 4.78 is 10.2. The first-order valence-corrected chi connectivity index (χ1v) is 7.56. The molecule has 9 nitrogen and oxygen atoms in total. The number of nitro groups is 1. The van der Waals surface area contributed by atoms with E-state index in [4.69, 9.17) is 9.26 Å². The van der Waals surface area contributed by atoms with Gasteiger partial charge in [-0.25, -0.2) is 0 Å². The van der Waals surface area contributed by atoms with Crippen LogP contribution in [0.15, 0.2) is 53.1 Å². The van der Waals surface area contributed by atoms with Crippen molar-refractivity contribution in [1.29, 1.82) is 0 Å². The van der Waals surface area contributed by atoms with Crippen LogP contribution in [0.1, 0.15) is 16.2 Å². The van der Waals surface area contributed by atoms with Crippen molar-refractivity contribution in [2.45, 2.75) is 6.54 Å². The molecule has 1 aromatic heterocycles. The first-order chi connectivity index (χ1) is 12.6. The number of ether oxygens (including phenoxy) is 1. The van der Waals surface area contributed by atoms with E-state index in [0.717, 1.165) is 5.56 Å². The number of nitrogens with one attached hydrogen (secondary N) is 1. The van der Waals surface area contributed by atoms with Gasteiger partial charge in [-0.1, -0.05) is 5.16 Å². The summed E-state index contributed by atoms with van der Waals surface area (Å²) in [5.74, 6) is 0.954. The Morgan fingerprint density at radius 2 is 1.88 bits per heavy atom. The highest BCUT2D eigenvalue weighted by Gasteiger charge is 2.12. The Kier molecular flexibility index (Phi) is 4.88. The monoisotopic (exact) mass is 354 g/mol. The van der Waals surface area contributed by atoms with Crippen LogP contribution in [0.2, 0.25) is 0 Å². The quantitative estimate of drug-likeness (QED) is 0.533. The lowest BCUT2D eigenvalue weighted by Crippen LogP contribution is -2.22. The topological polar surface area (TPSA) is 120 Å². The smallest absolute Gasteiger partial charge is 0.269 e. The van der Waals surface area contributed by atoms with Crippen molar-refractivity contribution in [3.8, 4) is 17.1 Å². The molecule has 0 aliphatic heterocycles. The van der Waals surface area contributed by atoms with Gasteiger partial charge in [-0.3, -0.25) is 14.9 Å². The lowest BCUT2D eigenvalue weighted by Gasteiger charge is -2.02. The van der Waals surface area contributed by atoms with Crippen LogP contribution in [0.3, 0.4) is 0 Å². The minimum absolute atomic E-state index is 0.0407. The maximum atomic E-state index is 12.1. The molecule has 1 N–H and O–H groups in total. The number of carbonyl (C=O) groups is 1. The summed E-state index contributed by atoms with van der Waals surface area (Å²) in [5, 5.41) is 17.1. The zero-order chi connectivity index (χ0) is 18.5. The van der Waals surface area contributed by atoms with Crippen molar-refractivity contribution < 1.29 is 19.0 Å². The number of nitro benzene ring substituents is 1. The van der Waals surface area contributed by atoms with E-state index in [1.54, 1.807) is 31.4 Å². The molecule has 0 saturated heterocycles. The van der Waals surface area contributed by atoms with Crippen LogP contribution in [-0.4, -0.2) is 28.1 Å². The number of hydrogen-bond donors (Lipinski definition) is 1. The second-order valence-corrected chi connectivity index (χ2v) is 5.23. The fraction of sp³-hybridized carbons (Fsp3) is 0.118. The minimum atomic E-state index is -0.527. The van der Waals surface area contributed by atoms with Gasteiger partial charge < -0.3 is 14.6 Å². The van der Waals surface area contributed by atoms with Gasteiger partial charge >= 0.3 is 0 Å². The van der Waals surface area contributed by atoms with E-state index in [-0.39, 0.29) is 18.1 Å². The molecule has 0 unspecified atom stereocenters. The Bertz CT molecular complexity index is 919. The number of methoxy groups -OCH3 is 1. The standard InChI is InChI=1S/C17H14N4O5/c1-25-14-8-4-11(5-9-14)16-19-15(26-20-16)10-18-17(22)12-2-6-13(7-3-12)21(23)24/h2-9H,10H2,1H3,(H,18,22). The number of hydrogen-bond acceptors (Lipinski definition) is 7. The number of non-ortho nitro benzene ring substituents is 1. The summed E-state index contributed by atoms with van der Waals surface area (Å²) >= 11 is 0. The number of aromatic nitrogens is 2. The predicted octanol–water partition coefficient (Wildman–Crippen LogP) is 2.58. The summed E-state index contributed by atoms with van der Waals surface area (Å²) in [6.45, 7) is 0.0407. The van der Waals surface area contributed by atoms with Crippen molar-refractivity contribution in [2.75, 3.05) is 7.11 Å². The molecule has 2 aromatic carbocycles. The Morgan fingerprint density at radius 1 is 1.19 bits per heavy atom. The van der Waals surface area contributed by atoms with Gasteiger partial charge in [0, 0.05) is 23.3 Å². The highest BCUT2D eigenvalue weighted by molar-refractivity contribution is 5.94. The van der Waals surface area contributed by atoms with E-state index in [2.05, 4.69) is 15.5 Å². The second kappa shape index (κ2) is 7.43. The fourth-order valence-electron chi connectivity index (χ4n) is 2.18. The van der Waals surface area contributed by atoms with Crippen LogP contribution in [0.25, 0.3) is 11.4 Å². The third-order valence-electron chi connectivity index (χ3n) is 3.56. The van der Waals surface area contributed by atoms with Crippen LogP contribution in [-0.2, 0) is 6.54 Å². The molecule has 0 bridgehead atoms. The lowest BCUT2D eigenvalue weighted by atomic mass is 10.2. The highest BCUT2D eigenvalue weighted by atomic mass is 16.6. The molecular weight excluding hydrogens is 340 g/mol. The summed E-state index contributed by atoms with van der Waals surface area (Å²) in [7, 11) is 1.58. The number of amides is 1. The lowest BCUT2D eigenvalue weighted by molar-refractivity contribution is -0.384.